The number of fused-ring (bicyclic) bond motifs is 1. The fraction of sp³-hybridized carbons (Fsp3) is 0.333. The van der Waals surface area contributed by atoms with E-state index in [0.717, 1.165) is 43.4 Å². The van der Waals surface area contributed by atoms with Crippen LogP contribution >= 0.6 is 11.6 Å². The van der Waals surface area contributed by atoms with Crippen LogP contribution in [0.1, 0.15) is 30.5 Å². The summed E-state index contributed by atoms with van der Waals surface area (Å²) >= 11 is 5.85. The van der Waals surface area contributed by atoms with Crippen LogP contribution in [0, 0.1) is 5.82 Å². The Morgan fingerprint density at radius 3 is 2.75 bits per heavy atom. The van der Waals surface area contributed by atoms with Gasteiger partial charge in [0.2, 0.25) is 0 Å². The molecule has 0 radical (unpaired) electrons. The number of aromatic nitrogens is 2. The molecule has 0 bridgehead atoms. The van der Waals surface area contributed by atoms with E-state index < -0.39 is 5.82 Å². The number of nitrogens with one attached hydrogen (secondary N) is 1. The van der Waals surface area contributed by atoms with E-state index in [2.05, 4.69) is 9.97 Å². The predicted octanol–water partition coefficient (Wildman–Crippen LogP) is 3.50. The summed E-state index contributed by atoms with van der Waals surface area (Å²) in [4.78, 5) is 19.4. The van der Waals surface area contributed by atoms with Crippen LogP contribution in [0.5, 0.6) is 0 Å². The minimum absolute atomic E-state index is 0.118. The van der Waals surface area contributed by atoms with Crippen molar-refractivity contribution in [2.75, 3.05) is 0 Å². The molecule has 1 aliphatic carbocycles. The van der Waals surface area contributed by atoms with Gasteiger partial charge in [0.25, 0.3) is 5.56 Å². The summed E-state index contributed by atoms with van der Waals surface area (Å²) in [5.74, 6) is -0.0536. The van der Waals surface area contributed by atoms with Gasteiger partial charge in [-0.2, -0.15) is 0 Å². The zero-order valence-corrected chi connectivity index (χ0v) is 11.6. The van der Waals surface area contributed by atoms with Gasteiger partial charge in [-0.1, -0.05) is 18.0 Å². The molecule has 1 aliphatic rings. The maximum Gasteiger partial charge on any atom is 0.254 e. The molecule has 3 nitrogen and oxygen atoms in total. The number of hydrogen-bond acceptors (Lipinski definition) is 2. The van der Waals surface area contributed by atoms with E-state index in [4.69, 9.17) is 11.6 Å². The van der Waals surface area contributed by atoms with E-state index in [0.29, 0.717) is 11.4 Å². The molecule has 0 amide bonds. The lowest BCUT2D eigenvalue weighted by Gasteiger charge is -2.08. The summed E-state index contributed by atoms with van der Waals surface area (Å²) in [5, 5.41) is 0.289. The molecule has 0 fully saturated rings. The van der Waals surface area contributed by atoms with Crippen LogP contribution in [0.15, 0.2) is 23.0 Å². The molecule has 20 heavy (non-hydrogen) atoms. The molecule has 0 unspecified atom stereocenters. The van der Waals surface area contributed by atoms with Gasteiger partial charge >= 0.3 is 0 Å². The monoisotopic (exact) mass is 292 g/mol. The SMILES string of the molecule is O=c1[nH]c(-c2cc(F)cc(Cl)c2)nc2c1CCCCC2. The molecule has 0 spiro atoms. The van der Waals surface area contributed by atoms with Gasteiger partial charge in [-0.3, -0.25) is 4.79 Å². The number of aryl methyl sites for hydroxylation is 1. The second-order valence-electron chi connectivity index (χ2n) is 5.06. The number of nitrogens with zero attached hydrogens (tertiary/aromatic N) is 1. The Labute approximate surface area is 120 Å². The molecule has 3 rings (SSSR count). The molecule has 5 heteroatoms. The van der Waals surface area contributed by atoms with Crippen molar-refractivity contribution < 1.29 is 4.39 Å². The van der Waals surface area contributed by atoms with Gasteiger partial charge in [-0.25, -0.2) is 9.37 Å². The van der Waals surface area contributed by atoms with Gasteiger partial charge in [0.15, 0.2) is 0 Å². The van der Waals surface area contributed by atoms with Gasteiger partial charge in [0.1, 0.15) is 11.6 Å². The van der Waals surface area contributed by atoms with Crippen molar-refractivity contribution in [2.45, 2.75) is 32.1 Å². The van der Waals surface area contributed by atoms with E-state index >= 15 is 0 Å². The maximum absolute atomic E-state index is 13.4. The highest BCUT2D eigenvalue weighted by Crippen LogP contribution is 2.23. The average Bonchev–Trinajstić information content (AvgIpc) is 2.63. The highest BCUT2D eigenvalue weighted by atomic mass is 35.5. The molecular formula is C15H14ClFN2O. The Hall–Kier alpha value is -1.68. The summed E-state index contributed by atoms with van der Waals surface area (Å²) < 4.78 is 13.4. The molecule has 1 heterocycles. The molecule has 1 N–H and O–H groups in total. The highest BCUT2D eigenvalue weighted by molar-refractivity contribution is 6.30. The average molecular weight is 293 g/mol. The summed E-state index contributed by atoms with van der Waals surface area (Å²) in [7, 11) is 0. The summed E-state index contributed by atoms with van der Waals surface area (Å²) in [6, 6.07) is 4.16. The third-order valence-corrected chi connectivity index (χ3v) is 3.80. The third-order valence-electron chi connectivity index (χ3n) is 3.58. The minimum atomic E-state index is -0.440. The molecule has 0 saturated carbocycles. The van der Waals surface area contributed by atoms with E-state index in [1.807, 2.05) is 0 Å². The zero-order valence-electron chi connectivity index (χ0n) is 10.9. The Bertz CT molecular complexity index is 691. The summed E-state index contributed by atoms with van der Waals surface area (Å²) in [5.41, 5.74) is 1.99. The van der Waals surface area contributed by atoms with Crippen molar-refractivity contribution in [2.24, 2.45) is 0 Å². The van der Waals surface area contributed by atoms with Crippen LogP contribution in [0.3, 0.4) is 0 Å². The Kier molecular flexibility index (Phi) is 3.57. The van der Waals surface area contributed by atoms with E-state index in [9.17, 15) is 9.18 Å². The quantitative estimate of drug-likeness (QED) is 0.818. The first-order chi connectivity index (χ1) is 9.63. The first kappa shape index (κ1) is 13.3. The lowest BCUT2D eigenvalue weighted by Crippen LogP contribution is -2.18. The van der Waals surface area contributed by atoms with Crippen LogP contribution in [-0.2, 0) is 12.8 Å². The van der Waals surface area contributed by atoms with E-state index in [-0.39, 0.29) is 10.6 Å². The highest BCUT2D eigenvalue weighted by Gasteiger charge is 2.15. The van der Waals surface area contributed by atoms with Crippen LogP contribution < -0.4 is 5.56 Å². The maximum atomic E-state index is 13.4. The second kappa shape index (κ2) is 5.37. The number of rotatable bonds is 1. The Morgan fingerprint density at radius 1 is 1.15 bits per heavy atom. The molecule has 1 aromatic carbocycles. The van der Waals surface area contributed by atoms with Gasteiger partial charge in [-0.15, -0.1) is 0 Å². The minimum Gasteiger partial charge on any atom is -0.306 e. The first-order valence-corrected chi connectivity index (χ1v) is 7.10. The fourth-order valence-corrected chi connectivity index (χ4v) is 2.83. The van der Waals surface area contributed by atoms with E-state index in [1.54, 1.807) is 6.07 Å². The topological polar surface area (TPSA) is 45.8 Å². The van der Waals surface area contributed by atoms with Crippen molar-refractivity contribution in [3.05, 3.63) is 50.7 Å². The molecule has 104 valence electrons. The van der Waals surface area contributed by atoms with Gasteiger partial charge in [0, 0.05) is 16.1 Å². The van der Waals surface area contributed by atoms with Crippen molar-refractivity contribution in [3.8, 4) is 11.4 Å². The van der Waals surface area contributed by atoms with Crippen molar-refractivity contribution in [1.29, 1.82) is 0 Å². The van der Waals surface area contributed by atoms with Gasteiger partial charge in [0.05, 0.1) is 5.69 Å². The normalized spacial score (nSPS) is 14.7. The largest absolute Gasteiger partial charge is 0.306 e. The lowest BCUT2D eigenvalue weighted by atomic mass is 10.1. The van der Waals surface area contributed by atoms with Crippen LogP contribution in [-0.4, -0.2) is 9.97 Å². The number of H-pyrrole nitrogens is 1. The van der Waals surface area contributed by atoms with Crippen LogP contribution in [0.25, 0.3) is 11.4 Å². The van der Waals surface area contributed by atoms with Crippen molar-refractivity contribution >= 4 is 11.6 Å². The summed E-state index contributed by atoms with van der Waals surface area (Å²) in [6.45, 7) is 0. The molecule has 0 saturated heterocycles. The van der Waals surface area contributed by atoms with Crippen molar-refractivity contribution in [3.63, 3.8) is 0 Å². The lowest BCUT2D eigenvalue weighted by molar-refractivity contribution is 0.628. The molecular weight excluding hydrogens is 279 g/mol. The van der Waals surface area contributed by atoms with Gasteiger partial charge in [-0.05, 0) is 43.9 Å². The first-order valence-electron chi connectivity index (χ1n) is 6.72. The molecule has 1 aromatic heterocycles. The van der Waals surface area contributed by atoms with Crippen LogP contribution in [0.4, 0.5) is 4.39 Å². The van der Waals surface area contributed by atoms with Crippen molar-refractivity contribution in [1.82, 2.24) is 9.97 Å². The molecule has 0 atom stereocenters. The van der Waals surface area contributed by atoms with Gasteiger partial charge < -0.3 is 4.98 Å². The number of aromatic amines is 1. The fourth-order valence-electron chi connectivity index (χ4n) is 2.61. The van der Waals surface area contributed by atoms with E-state index in [1.165, 1.54) is 12.1 Å². The number of hydrogen-bond donors (Lipinski definition) is 1. The smallest absolute Gasteiger partial charge is 0.254 e. The standard InChI is InChI=1S/C15H14ClFN2O/c16-10-6-9(7-11(17)8-10)14-18-13-5-3-1-2-4-12(13)15(20)19-14/h6-8H,1-5H2,(H,18,19,20). The summed E-state index contributed by atoms with van der Waals surface area (Å²) in [6.07, 6.45) is 4.73. The third kappa shape index (κ3) is 2.61. The molecule has 2 aromatic rings. The second-order valence-corrected chi connectivity index (χ2v) is 5.50. The number of benzene rings is 1. The Balaban J connectivity index is 2.13. The predicted molar refractivity (Wildman–Crippen MR) is 76.5 cm³/mol. The molecule has 0 aliphatic heterocycles. The Morgan fingerprint density at radius 2 is 1.95 bits per heavy atom. The van der Waals surface area contributed by atoms with Crippen LogP contribution in [0.2, 0.25) is 5.02 Å². The number of halogens is 2. The zero-order chi connectivity index (χ0) is 14.1.